The monoisotopic (exact) mass is 377 g/mol. The molecule has 0 spiro atoms. The number of rotatable bonds is 7. The number of carbonyl (C=O) groups excluding carboxylic acids is 1. The van der Waals surface area contributed by atoms with Crippen molar-refractivity contribution in [1.82, 2.24) is 14.5 Å². The highest BCUT2D eigenvalue weighted by molar-refractivity contribution is 5.94. The van der Waals surface area contributed by atoms with Crippen LogP contribution in [0, 0.1) is 18.7 Å². The molecule has 1 heterocycles. The molecule has 4 rings (SSSR count). The number of imidazole rings is 1. The summed E-state index contributed by atoms with van der Waals surface area (Å²) in [4.78, 5) is 19.4. The van der Waals surface area contributed by atoms with Gasteiger partial charge >= 0.3 is 0 Å². The first-order valence-corrected chi connectivity index (χ1v) is 9.69. The molecule has 144 valence electrons. The smallest absolute Gasteiger partial charge is 0.254 e. The first kappa shape index (κ1) is 18.4. The molecule has 2 aromatic carbocycles. The molecule has 0 unspecified atom stereocenters. The van der Waals surface area contributed by atoms with Crippen molar-refractivity contribution in [3.8, 4) is 0 Å². The van der Waals surface area contributed by atoms with Crippen molar-refractivity contribution in [1.29, 1.82) is 0 Å². The predicted octanol–water partition coefficient (Wildman–Crippen LogP) is 4.43. The van der Waals surface area contributed by atoms with Gasteiger partial charge in [0.2, 0.25) is 0 Å². The Balaban J connectivity index is 1.54. The quantitative estimate of drug-likeness (QED) is 0.611. The van der Waals surface area contributed by atoms with E-state index in [2.05, 4.69) is 28.6 Å². The van der Waals surface area contributed by atoms with E-state index in [4.69, 9.17) is 0 Å². The van der Waals surface area contributed by atoms with Crippen LogP contribution in [0.25, 0.3) is 0 Å². The molecule has 4 nitrogen and oxygen atoms in total. The first-order valence-electron chi connectivity index (χ1n) is 9.69. The second kappa shape index (κ2) is 7.97. The van der Waals surface area contributed by atoms with Crippen LogP contribution in [0.3, 0.4) is 0 Å². The molecule has 0 aliphatic heterocycles. The van der Waals surface area contributed by atoms with Crippen molar-refractivity contribution < 1.29 is 9.18 Å². The average Bonchev–Trinajstić information content (AvgIpc) is 3.41. The van der Waals surface area contributed by atoms with E-state index in [1.807, 2.05) is 23.2 Å². The molecule has 28 heavy (non-hydrogen) atoms. The van der Waals surface area contributed by atoms with Crippen LogP contribution in [0.1, 0.15) is 40.2 Å². The third-order valence-corrected chi connectivity index (χ3v) is 5.29. The van der Waals surface area contributed by atoms with Crippen LogP contribution in [-0.2, 0) is 13.1 Å². The summed E-state index contributed by atoms with van der Waals surface area (Å²) in [5, 5.41) is 0. The summed E-state index contributed by atoms with van der Waals surface area (Å²) in [6.07, 6.45) is 6.06. The van der Waals surface area contributed by atoms with E-state index in [1.165, 1.54) is 23.3 Å². The Kier molecular flexibility index (Phi) is 5.24. The lowest BCUT2D eigenvalue weighted by molar-refractivity contribution is 0.0728. The summed E-state index contributed by atoms with van der Waals surface area (Å²) in [5.41, 5.74) is 2.98. The molecule has 0 saturated heterocycles. The van der Waals surface area contributed by atoms with Gasteiger partial charge in [0.05, 0.1) is 6.54 Å². The lowest BCUT2D eigenvalue weighted by atomic mass is 10.1. The van der Waals surface area contributed by atoms with E-state index in [9.17, 15) is 9.18 Å². The van der Waals surface area contributed by atoms with E-state index in [0.717, 1.165) is 25.2 Å². The van der Waals surface area contributed by atoms with E-state index < -0.39 is 0 Å². The molecule has 1 fully saturated rings. The number of nitrogens with zero attached hydrogens (tertiary/aromatic N) is 3. The van der Waals surface area contributed by atoms with Crippen molar-refractivity contribution in [2.24, 2.45) is 5.92 Å². The van der Waals surface area contributed by atoms with Crippen LogP contribution in [0.2, 0.25) is 0 Å². The zero-order chi connectivity index (χ0) is 19.5. The summed E-state index contributed by atoms with van der Waals surface area (Å²) < 4.78 is 15.3. The molecule has 1 saturated carbocycles. The number of carbonyl (C=O) groups is 1. The van der Waals surface area contributed by atoms with Crippen LogP contribution in [-0.4, -0.2) is 26.9 Å². The Morgan fingerprint density at radius 2 is 1.93 bits per heavy atom. The number of hydrogen-bond acceptors (Lipinski definition) is 2. The molecule has 1 aliphatic carbocycles. The Morgan fingerprint density at radius 1 is 1.18 bits per heavy atom. The molecular formula is C23H24FN3O. The lowest BCUT2D eigenvalue weighted by Gasteiger charge is -2.23. The van der Waals surface area contributed by atoms with Gasteiger partial charge in [0.25, 0.3) is 5.91 Å². The minimum absolute atomic E-state index is 0.0719. The Bertz CT molecular complexity index is 960. The van der Waals surface area contributed by atoms with Gasteiger partial charge in [0.1, 0.15) is 11.6 Å². The molecule has 1 aliphatic rings. The maximum Gasteiger partial charge on any atom is 0.254 e. The number of aromatic nitrogens is 2. The largest absolute Gasteiger partial charge is 0.331 e. The standard InChI is InChI=1S/C23H24FN3O/c1-17-4-2-3-5-20(17)15-26-13-12-25-22(26)16-27(14-18-6-7-18)23(28)19-8-10-21(24)11-9-19/h2-5,8-13,18H,6-7,14-16H2,1H3. The van der Waals surface area contributed by atoms with Crippen LogP contribution in [0.5, 0.6) is 0 Å². The number of aryl methyl sites for hydroxylation is 1. The second-order valence-electron chi connectivity index (χ2n) is 7.53. The Morgan fingerprint density at radius 3 is 2.64 bits per heavy atom. The fraction of sp³-hybridized carbons (Fsp3) is 0.304. The van der Waals surface area contributed by atoms with Gasteiger partial charge in [0, 0.05) is 31.0 Å². The SMILES string of the molecule is Cc1ccccc1Cn1ccnc1CN(CC1CC1)C(=O)c1ccc(F)cc1. The molecule has 3 aromatic rings. The lowest BCUT2D eigenvalue weighted by Crippen LogP contribution is -2.33. The Hall–Kier alpha value is -2.95. The van der Waals surface area contributed by atoms with Gasteiger partial charge < -0.3 is 9.47 Å². The van der Waals surface area contributed by atoms with Gasteiger partial charge in [0.15, 0.2) is 0 Å². The van der Waals surface area contributed by atoms with Gasteiger partial charge in [-0.05, 0) is 61.1 Å². The summed E-state index contributed by atoms with van der Waals surface area (Å²) in [5.74, 6) is 1.01. The Labute approximate surface area is 164 Å². The molecule has 1 aromatic heterocycles. The number of amides is 1. The molecule has 1 amide bonds. The van der Waals surface area contributed by atoms with Gasteiger partial charge in [-0.25, -0.2) is 9.37 Å². The zero-order valence-corrected chi connectivity index (χ0v) is 16.0. The third kappa shape index (κ3) is 4.30. The minimum atomic E-state index is -0.334. The van der Waals surface area contributed by atoms with E-state index in [1.54, 1.807) is 18.3 Å². The number of hydrogen-bond donors (Lipinski definition) is 0. The maximum absolute atomic E-state index is 13.2. The van der Waals surface area contributed by atoms with Crippen LogP contribution in [0.15, 0.2) is 60.9 Å². The highest BCUT2D eigenvalue weighted by atomic mass is 19.1. The summed E-state index contributed by atoms with van der Waals surface area (Å²) in [6, 6.07) is 14.1. The van der Waals surface area contributed by atoms with Crippen molar-refractivity contribution in [3.05, 3.63) is 89.3 Å². The predicted molar refractivity (Wildman–Crippen MR) is 106 cm³/mol. The summed E-state index contributed by atoms with van der Waals surface area (Å²) in [7, 11) is 0. The van der Waals surface area contributed by atoms with E-state index in [-0.39, 0.29) is 11.7 Å². The summed E-state index contributed by atoms with van der Waals surface area (Å²) >= 11 is 0. The van der Waals surface area contributed by atoms with Crippen LogP contribution >= 0.6 is 0 Å². The first-order chi connectivity index (χ1) is 13.6. The maximum atomic E-state index is 13.2. The van der Waals surface area contributed by atoms with Gasteiger partial charge in [-0.15, -0.1) is 0 Å². The van der Waals surface area contributed by atoms with E-state index in [0.29, 0.717) is 24.6 Å². The molecule has 0 N–H and O–H groups in total. The molecule has 0 bridgehead atoms. The fourth-order valence-electron chi connectivity index (χ4n) is 3.38. The van der Waals surface area contributed by atoms with Crippen molar-refractivity contribution in [3.63, 3.8) is 0 Å². The second-order valence-corrected chi connectivity index (χ2v) is 7.53. The summed E-state index contributed by atoms with van der Waals surface area (Å²) in [6.45, 7) is 3.99. The van der Waals surface area contributed by atoms with Crippen LogP contribution < -0.4 is 0 Å². The molecule has 0 radical (unpaired) electrons. The van der Waals surface area contributed by atoms with Gasteiger partial charge in [-0.1, -0.05) is 24.3 Å². The molecule has 5 heteroatoms. The van der Waals surface area contributed by atoms with Crippen molar-refractivity contribution in [2.45, 2.75) is 32.9 Å². The molecule has 0 atom stereocenters. The van der Waals surface area contributed by atoms with Crippen molar-refractivity contribution in [2.75, 3.05) is 6.54 Å². The van der Waals surface area contributed by atoms with Gasteiger partial charge in [-0.3, -0.25) is 4.79 Å². The molecular weight excluding hydrogens is 353 g/mol. The van der Waals surface area contributed by atoms with Crippen LogP contribution in [0.4, 0.5) is 4.39 Å². The highest BCUT2D eigenvalue weighted by Gasteiger charge is 2.28. The average molecular weight is 377 g/mol. The highest BCUT2D eigenvalue weighted by Crippen LogP contribution is 2.30. The third-order valence-electron chi connectivity index (χ3n) is 5.29. The van der Waals surface area contributed by atoms with Crippen molar-refractivity contribution >= 4 is 5.91 Å². The topological polar surface area (TPSA) is 38.1 Å². The normalized spacial score (nSPS) is 13.5. The number of halogens is 1. The number of benzene rings is 2. The van der Waals surface area contributed by atoms with E-state index >= 15 is 0 Å². The minimum Gasteiger partial charge on any atom is -0.331 e. The van der Waals surface area contributed by atoms with Gasteiger partial charge in [-0.2, -0.15) is 0 Å². The zero-order valence-electron chi connectivity index (χ0n) is 16.0. The fourth-order valence-corrected chi connectivity index (χ4v) is 3.38.